The quantitative estimate of drug-likeness (QED) is 0.725. The fraction of sp³-hybridized carbons (Fsp3) is 0.150. The molecule has 0 saturated carbocycles. The van der Waals surface area contributed by atoms with Gasteiger partial charge in [-0.15, -0.1) is 0 Å². The van der Waals surface area contributed by atoms with Gasteiger partial charge < -0.3 is 20.1 Å². The second-order valence-electron chi connectivity index (χ2n) is 6.10. The van der Waals surface area contributed by atoms with Crippen LogP contribution in [-0.2, 0) is 6.54 Å². The molecule has 0 spiro atoms. The molecule has 1 aliphatic heterocycles. The molecule has 136 valence electrons. The van der Waals surface area contributed by atoms with Crippen LogP contribution in [0.5, 0.6) is 11.5 Å². The average Bonchev–Trinajstić information content (AvgIpc) is 3.16. The van der Waals surface area contributed by atoms with Gasteiger partial charge in [-0.1, -0.05) is 24.3 Å². The predicted molar refractivity (Wildman–Crippen MR) is 100 cm³/mol. The lowest BCUT2D eigenvalue weighted by atomic mass is 10.2. The summed E-state index contributed by atoms with van der Waals surface area (Å²) >= 11 is 0. The normalized spacial score (nSPS) is 11.9. The van der Waals surface area contributed by atoms with E-state index < -0.39 is 0 Å². The number of anilines is 2. The topological polar surface area (TPSA) is 85.4 Å². The van der Waals surface area contributed by atoms with Crippen molar-refractivity contribution in [1.29, 1.82) is 0 Å². The molecule has 0 atom stereocenters. The van der Waals surface area contributed by atoms with Gasteiger partial charge in [-0.2, -0.15) is 0 Å². The second kappa shape index (κ2) is 7.33. The van der Waals surface area contributed by atoms with Crippen molar-refractivity contribution in [2.24, 2.45) is 0 Å². The molecule has 0 radical (unpaired) electrons. The zero-order chi connectivity index (χ0) is 18.6. The molecule has 0 saturated heterocycles. The van der Waals surface area contributed by atoms with Crippen LogP contribution in [0.15, 0.2) is 54.9 Å². The zero-order valence-electron chi connectivity index (χ0n) is 14.7. The van der Waals surface area contributed by atoms with E-state index in [0.717, 1.165) is 16.8 Å². The highest BCUT2D eigenvalue weighted by atomic mass is 16.7. The van der Waals surface area contributed by atoms with E-state index in [1.807, 2.05) is 49.4 Å². The highest BCUT2D eigenvalue weighted by Gasteiger charge is 2.14. The van der Waals surface area contributed by atoms with Crippen LogP contribution in [0.2, 0.25) is 0 Å². The van der Waals surface area contributed by atoms with E-state index in [0.29, 0.717) is 29.6 Å². The number of hydrogen-bond donors (Lipinski definition) is 2. The average molecular weight is 362 g/mol. The summed E-state index contributed by atoms with van der Waals surface area (Å²) in [6.07, 6.45) is 1.37. The van der Waals surface area contributed by atoms with Crippen molar-refractivity contribution in [3.8, 4) is 11.5 Å². The summed E-state index contributed by atoms with van der Waals surface area (Å²) in [7, 11) is 0. The predicted octanol–water partition coefficient (Wildman–Crippen LogP) is 3.19. The molecular formula is C20H18N4O3. The molecule has 1 aliphatic rings. The Labute approximate surface area is 156 Å². The summed E-state index contributed by atoms with van der Waals surface area (Å²) in [5.41, 5.74) is 3.23. The fourth-order valence-corrected chi connectivity index (χ4v) is 2.72. The summed E-state index contributed by atoms with van der Waals surface area (Å²) in [6.45, 7) is 2.59. The maximum atomic E-state index is 12.4. The molecular weight excluding hydrogens is 344 g/mol. The summed E-state index contributed by atoms with van der Waals surface area (Å²) in [5, 5.41) is 6.06. The molecule has 3 aromatic rings. The van der Waals surface area contributed by atoms with Crippen molar-refractivity contribution in [2.75, 3.05) is 12.1 Å². The molecule has 1 aromatic heterocycles. The Morgan fingerprint density at radius 2 is 1.93 bits per heavy atom. The third kappa shape index (κ3) is 3.82. The van der Waals surface area contributed by atoms with Crippen LogP contribution in [0.25, 0.3) is 0 Å². The van der Waals surface area contributed by atoms with Crippen LogP contribution in [-0.4, -0.2) is 22.7 Å². The fourth-order valence-electron chi connectivity index (χ4n) is 2.72. The van der Waals surface area contributed by atoms with Crippen LogP contribution < -0.4 is 20.1 Å². The number of nitrogens with zero attached hydrogens (tertiary/aromatic N) is 2. The zero-order valence-corrected chi connectivity index (χ0v) is 14.7. The van der Waals surface area contributed by atoms with E-state index in [-0.39, 0.29) is 12.7 Å². The smallest absolute Gasteiger partial charge is 0.270 e. The van der Waals surface area contributed by atoms with E-state index in [9.17, 15) is 4.79 Å². The van der Waals surface area contributed by atoms with Crippen molar-refractivity contribution in [2.45, 2.75) is 13.5 Å². The van der Waals surface area contributed by atoms with Crippen LogP contribution in [0.3, 0.4) is 0 Å². The number of rotatable bonds is 5. The van der Waals surface area contributed by atoms with Crippen molar-refractivity contribution in [3.63, 3.8) is 0 Å². The Morgan fingerprint density at radius 1 is 1.07 bits per heavy atom. The number of aromatic nitrogens is 2. The molecule has 0 bridgehead atoms. The number of benzene rings is 2. The maximum Gasteiger partial charge on any atom is 0.270 e. The van der Waals surface area contributed by atoms with Gasteiger partial charge in [0.2, 0.25) is 6.79 Å². The minimum Gasteiger partial charge on any atom is -0.454 e. The van der Waals surface area contributed by atoms with Crippen molar-refractivity contribution < 1.29 is 14.3 Å². The summed E-state index contributed by atoms with van der Waals surface area (Å²) in [5.74, 6) is 1.69. The first-order valence-electron chi connectivity index (χ1n) is 8.50. The summed E-state index contributed by atoms with van der Waals surface area (Å²) in [4.78, 5) is 20.7. The number of carbonyl (C=O) groups is 1. The monoisotopic (exact) mass is 362 g/mol. The first kappa shape index (κ1) is 16.8. The molecule has 1 amide bonds. The number of hydrogen-bond acceptors (Lipinski definition) is 6. The molecule has 27 heavy (non-hydrogen) atoms. The number of nitrogens with one attached hydrogen (secondary N) is 2. The number of ether oxygens (including phenoxy) is 2. The molecule has 0 aliphatic carbocycles. The van der Waals surface area contributed by atoms with E-state index in [2.05, 4.69) is 20.6 Å². The standard InChI is InChI=1S/C20H18N4O3/c1-13-4-2-3-5-15(13)24-19-9-16(22-11-23-19)20(25)21-10-14-6-7-17-18(8-14)27-12-26-17/h2-9,11H,10,12H2,1H3,(H,21,25)(H,22,23,24). The maximum absolute atomic E-state index is 12.4. The van der Waals surface area contributed by atoms with E-state index in [4.69, 9.17) is 9.47 Å². The Hall–Kier alpha value is -3.61. The number of carbonyl (C=O) groups excluding carboxylic acids is 1. The lowest BCUT2D eigenvalue weighted by Gasteiger charge is -2.10. The highest BCUT2D eigenvalue weighted by molar-refractivity contribution is 5.93. The summed E-state index contributed by atoms with van der Waals surface area (Å²) in [6, 6.07) is 15.1. The van der Waals surface area contributed by atoms with Gasteiger partial charge in [-0.3, -0.25) is 4.79 Å². The van der Waals surface area contributed by atoms with Crippen LogP contribution >= 0.6 is 0 Å². The van der Waals surface area contributed by atoms with E-state index in [1.54, 1.807) is 6.07 Å². The molecule has 0 fully saturated rings. The molecule has 2 aromatic carbocycles. The van der Waals surface area contributed by atoms with Crippen LogP contribution in [0, 0.1) is 6.92 Å². The SMILES string of the molecule is Cc1ccccc1Nc1cc(C(=O)NCc2ccc3c(c2)OCO3)ncn1. The first-order valence-corrected chi connectivity index (χ1v) is 8.50. The Balaban J connectivity index is 1.42. The van der Waals surface area contributed by atoms with Crippen molar-refractivity contribution in [3.05, 3.63) is 71.7 Å². The Kier molecular flexibility index (Phi) is 4.57. The molecule has 7 nitrogen and oxygen atoms in total. The molecule has 7 heteroatoms. The largest absolute Gasteiger partial charge is 0.454 e. The van der Waals surface area contributed by atoms with Gasteiger partial charge in [0.15, 0.2) is 11.5 Å². The Bertz CT molecular complexity index is 990. The number of amides is 1. The molecule has 4 rings (SSSR count). The van der Waals surface area contributed by atoms with Crippen LogP contribution in [0.4, 0.5) is 11.5 Å². The number of para-hydroxylation sites is 1. The molecule has 2 heterocycles. The van der Waals surface area contributed by atoms with E-state index in [1.165, 1.54) is 6.33 Å². The van der Waals surface area contributed by atoms with Gasteiger partial charge in [0.05, 0.1) is 0 Å². The van der Waals surface area contributed by atoms with Crippen LogP contribution in [0.1, 0.15) is 21.6 Å². The Morgan fingerprint density at radius 3 is 2.81 bits per heavy atom. The van der Waals surface area contributed by atoms with E-state index >= 15 is 0 Å². The molecule has 0 unspecified atom stereocenters. The van der Waals surface area contributed by atoms with Gasteiger partial charge in [-0.05, 0) is 36.2 Å². The van der Waals surface area contributed by atoms with Crippen molar-refractivity contribution >= 4 is 17.4 Å². The van der Waals surface area contributed by atoms with Crippen molar-refractivity contribution in [1.82, 2.24) is 15.3 Å². The minimum atomic E-state index is -0.275. The number of fused-ring (bicyclic) bond motifs is 1. The second-order valence-corrected chi connectivity index (χ2v) is 6.10. The lowest BCUT2D eigenvalue weighted by molar-refractivity contribution is 0.0945. The third-order valence-electron chi connectivity index (χ3n) is 4.20. The molecule has 2 N–H and O–H groups in total. The van der Waals surface area contributed by atoms with Gasteiger partial charge in [0, 0.05) is 18.3 Å². The summed E-state index contributed by atoms with van der Waals surface area (Å²) < 4.78 is 10.6. The first-order chi connectivity index (χ1) is 13.2. The minimum absolute atomic E-state index is 0.225. The number of aryl methyl sites for hydroxylation is 1. The van der Waals surface area contributed by atoms with Gasteiger partial charge >= 0.3 is 0 Å². The lowest BCUT2D eigenvalue weighted by Crippen LogP contribution is -2.24. The third-order valence-corrected chi connectivity index (χ3v) is 4.20. The highest BCUT2D eigenvalue weighted by Crippen LogP contribution is 2.32. The van der Waals surface area contributed by atoms with Gasteiger partial charge in [0.1, 0.15) is 17.8 Å². The van der Waals surface area contributed by atoms with Gasteiger partial charge in [0.25, 0.3) is 5.91 Å². The van der Waals surface area contributed by atoms with Gasteiger partial charge in [-0.25, -0.2) is 9.97 Å².